The van der Waals surface area contributed by atoms with Crippen molar-refractivity contribution in [2.75, 3.05) is 26.1 Å². The van der Waals surface area contributed by atoms with Gasteiger partial charge in [-0.1, -0.05) is 11.6 Å². The Kier molecular flexibility index (Phi) is 5.63. The first-order chi connectivity index (χ1) is 8.89. The van der Waals surface area contributed by atoms with Crippen molar-refractivity contribution in [3.8, 4) is 0 Å². The van der Waals surface area contributed by atoms with E-state index < -0.39 is 5.97 Å². The molecule has 0 radical (unpaired) electrons. The number of hydrogen-bond acceptors (Lipinski definition) is 4. The monoisotopic (exact) mass is 285 g/mol. The van der Waals surface area contributed by atoms with Crippen molar-refractivity contribution in [1.82, 2.24) is 0 Å². The lowest BCUT2D eigenvalue weighted by Gasteiger charge is -2.23. The van der Waals surface area contributed by atoms with Crippen LogP contribution >= 0.6 is 11.6 Å². The van der Waals surface area contributed by atoms with Crippen LogP contribution in [-0.4, -0.2) is 32.3 Å². The highest BCUT2D eigenvalue weighted by Crippen LogP contribution is 2.22. The molecule has 0 amide bonds. The number of esters is 1. The van der Waals surface area contributed by atoms with Gasteiger partial charge in [0.25, 0.3) is 0 Å². The van der Waals surface area contributed by atoms with Gasteiger partial charge in [0.1, 0.15) is 0 Å². The molecule has 19 heavy (non-hydrogen) atoms. The third kappa shape index (κ3) is 4.73. The Balaban J connectivity index is 2.75. The zero-order chi connectivity index (χ0) is 14.5. The summed E-state index contributed by atoms with van der Waals surface area (Å²) < 4.78 is 10.1. The number of methoxy groups -OCH3 is 2. The normalized spacial score (nSPS) is 11.2. The molecule has 0 bridgehead atoms. The first-order valence-corrected chi connectivity index (χ1v) is 6.44. The number of carbonyl (C=O) groups is 1. The molecule has 4 nitrogen and oxygen atoms in total. The number of carbonyl (C=O) groups excluding carboxylic acids is 1. The van der Waals surface area contributed by atoms with Crippen molar-refractivity contribution in [1.29, 1.82) is 0 Å². The summed E-state index contributed by atoms with van der Waals surface area (Å²) in [5, 5.41) is 3.71. The van der Waals surface area contributed by atoms with Gasteiger partial charge in [0.15, 0.2) is 0 Å². The molecule has 1 aromatic rings. The van der Waals surface area contributed by atoms with E-state index in [1.54, 1.807) is 25.3 Å². The highest BCUT2D eigenvalue weighted by atomic mass is 35.5. The van der Waals surface area contributed by atoms with Crippen molar-refractivity contribution in [3.05, 3.63) is 28.8 Å². The van der Waals surface area contributed by atoms with E-state index in [1.165, 1.54) is 7.11 Å². The van der Waals surface area contributed by atoms with Crippen LogP contribution in [-0.2, 0) is 9.47 Å². The van der Waals surface area contributed by atoms with Gasteiger partial charge in [-0.15, -0.1) is 0 Å². The molecule has 0 heterocycles. The van der Waals surface area contributed by atoms with Crippen LogP contribution in [0.3, 0.4) is 0 Å². The summed E-state index contributed by atoms with van der Waals surface area (Å²) >= 11 is 5.89. The molecule has 5 heteroatoms. The topological polar surface area (TPSA) is 47.6 Å². The smallest absolute Gasteiger partial charge is 0.340 e. The summed E-state index contributed by atoms with van der Waals surface area (Å²) in [6, 6.07) is 5.10. The number of ether oxygens (including phenoxy) is 2. The Hall–Kier alpha value is -1.26. The van der Waals surface area contributed by atoms with Crippen molar-refractivity contribution in [2.24, 2.45) is 0 Å². The molecule has 1 aromatic carbocycles. The van der Waals surface area contributed by atoms with Gasteiger partial charge in [-0.25, -0.2) is 4.79 Å². The van der Waals surface area contributed by atoms with Crippen LogP contribution in [0.5, 0.6) is 0 Å². The van der Waals surface area contributed by atoms with Crippen molar-refractivity contribution < 1.29 is 14.3 Å². The summed E-state index contributed by atoms with van der Waals surface area (Å²) in [5.74, 6) is -0.406. The van der Waals surface area contributed by atoms with Crippen molar-refractivity contribution in [3.63, 3.8) is 0 Å². The summed E-state index contributed by atoms with van der Waals surface area (Å²) in [7, 11) is 3.03. The average Bonchev–Trinajstić information content (AvgIpc) is 2.39. The lowest BCUT2D eigenvalue weighted by atomic mass is 10.1. The molecular formula is C14H20ClNO3. The maximum atomic E-state index is 11.7. The molecule has 0 aliphatic rings. The fourth-order valence-corrected chi connectivity index (χ4v) is 1.72. The lowest BCUT2D eigenvalue weighted by Crippen LogP contribution is -2.26. The maximum Gasteiger partial charge on any atom is 0.340 e. The third-order valence-corrected chi connectivity index (χ3v) is 3.22. The molecule has 0 aliphatic heterocycles. The van der Waals surface area contributed by atoms with Gasteiger partial charge in [0, 0.05) is 24.4 Å². The summed E-state index contributed by atoms with van der Waals surface area (Å²) in [4.78, 5) is 11.7. The zero-order valence-corrected chi connectivity index (χ0v) is 12.5. The summed E-state index contributed by atoms with van der Waals surface area (Å²) in [5.41, 5.74) is 0.943. The van der Waals surface area contributed by atoms with E-state index in [0.717, 1.165) is 6.42 Å². The Bertz CT molecular complexity index is 446. The minimum absolute atomic E-state index is 0.204. The molecule has 0 atom stereocenters. The van der Waals surface area contributed by atoms with Gasteiger partial charge in [-0.05, 0) is 38.5 Å². The Morgan fingerprint density at radius 2 is 2.05 bits per heavy atom. The van der Waals surface area contributed by atoms with Gasteiger partial charge < -0.3 is 14.8 Å². The first kappa shape index (κ1) is 15.8. The number of benzene rings is 1. The van der Waals surface area contributed by atoms with Gasteiger partial charge in [-0.3, -0.25) is 0 Å². The zero-order valence-electron chi connectivity index (χ0n) is 11.7. The first-order valence-electron chi connectivity index (χ1n) is 6.06. The highest BCUT2D eigenvalue weighted by Gasteiger charge is 2.17. The number of rotatable bonds is 6. The van der Waals surface area contributed by atoms with E-state index in [2.05, 4.69) is 5.32 Å². The van der Waals surface area contributed by atoms with Crippen LogP contribution in [0.2, 0.25) is 5.02 Å². The average molecular weight is 286 g/mol. The SMILES string of the molecule is COC(=O)c1cc(Cl)ccc1NCCC(C)(C)OC. The fourth-order valence-electron chi connectivity index (χ4n) is 1.55. The molecule has 0 unspecified atom stereocenters. The molecule has 0 aromatic heterocycles. The summed E-state index contributed by atoms with van der Waals surface area (Å²) in [6.07, 6.45) is 0.812. The van der Waals surface area contributed by atoms with Crippen LogP contribution in [0.1, 0.15) is 30.6 Å². The number of anilines is 1. The predicted molar refractivity (Wildman–Crippen MR) is 77.0 cm³/mol. The van der Waals surface area contributed by atoms with E-state index in [9.17, 15) is 4.79 Å². The largest absolute Gasteiger partial charge is 0.465 e. The summed E-state index contributed by atoms with van der Waals surface area (Å²) in [6.45, 7) is 4.71. The Morgan fingerprint density at radius 1 is 1.37 bits per heavy atom. The number of halogens is 1. The van der Waals surface area contributed by atoms with E-state index >= 15 is 0 Å². The molecule has 0 fully saturated rings. The van der Waals surface area contributed by atoms with Gasteiger partial charge in [0.05, 0.1) is 18.3 Å². The molecule has 106 valence electrons. The standard InChI is InChI=1S/C14H20ClNO3/c1-14(2,19-4)7-8-16-12-6-5-10(15)9-11(12)13(17)18-3/h5-6,9,16H,7-8H2,1-4H3. The minimum atomic E-state index is -0.406. The molecule has 0 saturated carbocycles. The van der Waals surface area contributed by atoms with E-state index in [-0.39, 0.29) is 5.60 Å². The fraction of sp³-hybridized carbons (Fsp3) is 0.500. The van der Waals surface area contributed by atoms with Gasteiger partial charge in [0.2, 0.25) is 0 Å². The quantitative estimate of drug-likeness (QED) is 0.814. The second-order valence-corrected chi connectivity index (χ2v) is 5.26. The van der Waals surface area contributed by atoms with Crippen LogP contribution < -0.4 is 5.32 Å². The maximum absolute atomic E-state index is 11.7. The minimum Gasteiger partial charge on any atom is -0.465 e. The lowest BCUT2D eigenvalue weighted by molar-refractivity contribution is 0.0185. The van der Waals surface area contributed by atoms with Gasteiger partial charge >= 0.3 is 5.97 Å². The van der Waals surface area contributed by atoms with Gasteiger partial charge in [-0.2, -0.15) is 0 Å². The second-order valence-electron chi connectivity index (χ2n) is 4.82. The number of nitrogens with one attached hydrogen (secondary N) is 1. The molecule has 0 spiro atoms. The number of hydrogen-bond donors (Lipinski definition) is 1. The van der Waals surface area contributed by atoms with Crippen molar-refractivity contribution >= 4 is 23.3 Å². The van der Waals surface area contributed by atoms with E-state index in [4.69, 9.17) is 21.1 Å². The third-order valence-electron chi connectivity index (χ3n) is 2.98. The Morgan fingerprint density at radius 3 is 2.63 bits per heavy atom. The molecule has 0 aliphatic carbocycles. The molecule has 1 rings (SSSR count). The van der Waals surface area contributed by atoms with Crippen LogP contribution in [0.4, 0.5) is 5.69 Å². The molecule has 0 saturated heterocycles. The molecule has 1 N–H and O–H groups in total. The van der Waals surface area contributed by atoms with Crippen molar-refractivity contribution in [2.45, 2.75) is 25.9 Å². The highest BCUT2D eigenvalue weighted by molar-refractivity contribution is 6.31. The Labute approximate surface area is 119 Å². The van der Waals surface area contributed by atoms with Crippen LogP contribution in [0.15, 0.2) is 18.2 Å². The van der Waals surface area contributed by atoms with E-state index in [1.807, 2.05) is 13.8 Å². The van der Waals surface area contributed by atoms with E-state index in [0.29, 0.717) is 22.8 Å². The van der Waals surface area contributed by atoms with Crippen LogP contribution in [0, 0.1) is 0 Å². The second kappa shape index (κ2) is 6.78. The van der Waals surface area contributed by atoms with Crippen LogP contribution in [0.25, 0.3) is 0 Å². The molecular weight excluding hydrogens is 266 g/mol. The predicted octanol–water partition coefficient (Wildman–Crippen LogP) is 3.35.